The molecule has 1 heterocycles. The van der Waals surface area contributed by atoms with Gasteiger partial charge in [-0.3, -0.25) is 4.79 Å². The number of aromatic hydroxyl groups is 2. The summed E-state index contributed by atoms with van der Waals surface area (Å²) in [4.78, 5) is 24.5. The molecule has 0 saturated carbocycles. The summed E-state index contributed by atoms with van der Waals surface area (Å²) in [6.45, 7) is 5.30. The van der Waals surface area contributed by atoms with Crippen LogP contribution < -0.4 is 10.9 Å². The fraction of sp³-hybridized carbons (Fsp3) is 0.444. The van der Waals surface area contributed by atoms with Gasteiger partial charge in [-0.25, -0.2) is 4.79 Å². The highest BCUT2D eigenvalue weighted by Gasteiger charge is 2.21. The minimum Gasteiger partial charge on any atom is -0.508 e. The summed E-state index contributed by atoms with van der Waals surface area (Å²) in [5.74, 6) is -0.773. The molecule has 2 atom stereocenters. The standard InChI is InChI=1S/C18H23NO6/c1-4-9(2)13(8-20)19-16(23)7-12-10(3)17-14(22)5-11(21)6-15(17)25-18(12)24/h5-6,9,13,20-22H,4,7-8H2,1-3H3,(H,19,23). The number of carbonyl (C=O) groups excluding carboxylic acids is 1. The lowest BCUT2D eigenvalue weighted by atomic mass is 9.99. The van der Waals surface area contributed by atoms with Crippen LogP contribution in [0.25, 0.3) is 11.0 Å². The van der Waals surface area contributed by atoms with Crippen molar-refractivity contribution in [3.63, 3.8) is 0 Å². The zero-order valence-corrected chi connectivity index (χ0v) is 14.5. The van der Waals surface area contributed by atoms with Crippen LogP contribution in [0.1, 0.15) is 31.4 Å². The molecule has 136 valence electrons. The Kier molecular flexibility index (Phi) is 5.69. The molecule has 7 heteroatoms. The van der Waals surface area contributed by atoms with Gasteiger partial charge in [0.15, 0.2) is 0 Å². The van der Waals surface area contributed by atoms with E-state index < -0.39 is 17.6 Å². The molecule has 0 aliphatic carbocycles. The third-order valence-corrected chi connectivity index (χ3v) is 4.55. The molecule has 25 heavy (non-hydrogen) atoms. The maximum atomic E-state index is 12.3. The average molecular weight is 349 g/mol. The van der Waals surface area contributed by atoms with Crippen LogP contribution in [-0.2, 0) is 11.2 Å². The van der Waals surface area contributed by atoms with Gasteiger partial charge in [-0.2, -0.15) is 0 Å². The quantitative estimate of drug-likeness (QED) is 0.588. The Labute approximate surface area is 144 Å². The van der Waals surface area contributed by atoms with E-state index >= 15 is 0 Å². The molecular formula is C18H23NO6. The number of fused-ring (bicyclic) bond motifs is 1. The third kappa shape index (κ3) is 3.93. The van der Waals surface area contributed by atoms with Gasteiger partial charge in [0.05, 0.1) is 30.0 Å². The van der Waals surface area contributed by atoms with Gasteiger partial charge in [-0.15, -0.1) is 0 Å². The van der Waals surface area contributed by atoms with Crippen LogP contribution in [0, 0.1) is 12.8 Å². The Morgan fingerprint density at radius 2 is 2.00 bits per heavy atom. The molecule has 1 amide bonds. The molecule has 0 radical (unpaired) electrons. The molecule has 0 fully saturated rings. The molecule has 0 bridgehead atoms. The Bertz CT molecular complexity index is 842. The van der Waals surface area contributed by atoms with E-state index in [1.165, 1.54) is 6.07 Å². The van der Waals surface area contributed by atoms with Gasteiger partial charge in [-0.05, 0) is 18.4 Å². The number of phenolic OH excluding ortho intramolecular Hbond substituents is 2. The third-order valence-electron chi connectivity index (χ3n) is 4.55. The highest BCUT2D eigenvalue weighted by Crippen LogP contribution is 2.32. The molecule has 7 nitrogen and oxygen atoms in total. The number of nitrogens with one attached hydrogen (secondary N) is 1. The number of amides is 1. The summed E-state index contributed by atoms with van der Waals surface area (Å²) in [6, 6.07) is 1.98. The fourth-order valence-electron chi connectivity index (χ4n) is 2.78. The first kappa shape index (κ1) is 18.8. The van der Waals surface area contributed by atoms with Gasteiger partial charge < -0.3 is 25.1 Å². The first-order chi connectivity index (χ1) is 11.8. The molecule has 1 aromatic heterocycles. The second kappa shape index (κ2) is 7.57. The van der Waals surface area contributed by atoms with Crippen LogP contribution in [0.5, 0.6) is 11.5 Å². The minimum absolute atomic E-state index is 0.0528. The monoisotopic (exact) mass is 349 g/mol. The van der Waals surface area contributed by atoms with Crippen molar-refractivity contribution in [2.24, 2.45) is 5.92 Å². The summed E-state index contributed by atoms with van der Waals surface area (Å²) < 4.78 is 5.13. The number of rotatable bonds is 6. The van der Waals surface area contributed by atoms with Crippen molar-refractivity contribution in [2.45, 2.75) is 39.7 Å². The number of benzene rings is 1. The van der Waals surface area contributed by atoms with Crippen LogP contribution in [0.2, 0.25) is 0 Å². The minimum atomic E-state index is -0.700. The number of aryl methyl sites for hydroxylation is 1. The Morgan fingerprint density at radius 1 is 1.32 bits per heavy atom. The molecule has 4 N–H and O–H groups in total. The van der Waals surface area contributed by atoms with E-state index in [9.17, 15) is 24.9 Å². The predicted molar refractivity (Wildman–Crippen MR) is 92.7 cm³/mol. The van der Waals surface area contributed by atoms with Gasteiger partial charge in [0.1, 0.15) is 17.1 Å². The first-order valence-electron chi connectivity index (χ1n) is 8.16. The lowest BCUT2D eigenvalue weighted by Crippen LogP contribution is -2.43. The number of hydrogen-bond donors (Lipinski definition) is 4. The summed E-state index contributed by atoms with van der Waals surface area (Å²) >= 11 is 0. The summed E-state index contributed by atoms with van der Waals surface area (Å²) in [7, 11) is 0. The van der Waals surface area contributed by atoms with Crippen LogP contribution in [0.15, 0.2) is 21.3 Å². The molecule has 2 aromatic rings. The predicted octanol–water partition coefficient (Wildman–Crippen LogP) is 1.58. The van der Waals surface area contributed by atoms with E-state index in [2.05, 4.69) is 5.32 Å². The Morgan fingerprint density at radius 3 is 2.60 bits per heavy atom. The van der Waals surface area contributed by atoms with Gasteiger partial charge in [-0.1, -0.05) is 20.3 Å². The number of aliphatic hydroxyl groups is 1. The van der Waals surface area contributed by atoms with Crippen LogP contribution in [0.3, 0.4) is 0 Å². The van der Waals surface area contributed by atoms with E-state index in [1.807, 2.05) is 13.8 Å². The first-order valence-corrected chi connectivity index (χ1v) is 8.16. The van der Waals surface area contributed by atoms with Crippen LogP contribution in [-0.4, -0.2) is 33.9 Å². The Balaban J connectivity index is 2.35. The lowest BCUT2D eigenvalue weighted by molar-refractivity contribution is -0.121. The number of hydrogen-bond acceptors (Lipinski definition) is 6. The van der Waals surface area contributed by atoms with Gasteiger partial charge in [0.2, 0.25) is 5.91 Å². The van der Waals surface area contributed by atoms with E-state index in [0.717, 1.165) is 12.5 Å². The molecule has 0 aliphatic heterocycles. The topological polar surface area (TPSA) is 120 Å². The fourth-order valence-corrected chi connectivity index (χ4v) is 2.78. The van der Waals surface area contributed by atoms with Crippen molar-refractivity contribution in [1.82, 2.24) is 5.32 Å². The lowest BCUT2D eigenvalue weighted by Gasteiger charge is -2.22. The maximum Gasteiger partial charge on any atom is 0.340 e. The number of aliphatic hydroxyl groups excluding tert-OH is 1. The normalized spacial score (nSPS) is 13.6. The van der Waals surface area contributed by atoms with Crippen LogP contribution in [0.4, 0.5) is 0 Å². The van der Waals surface area contributed by atoms with Crippen molar-refractivity contribution >= 4 is 16.9 Å². The smallest absolute Gasteiger partial charge is 0.340 e. The van der Waals surface area contributed by atoms with E-state index in [1.54, 1.807) is 6.92 Å². The second-order valence-electron chi connectivity index (χ2n) is 6.25. The zero-order chi connectivity index (χ0) is 18.7. The molecule has 0 aliphatic rings. The number of phenols is 2. The average Bonchev–Trinajstić information content (AvgIpc) is 2.54. The van der Waals surface area contributed by atoms with Crippen molar-refractivity contribution in [2.75, 3.05) is 6.61 Å². The molecular weight excluding hydrogens is 326 g/mol. The molecule has 1 aromatic carbocycles. The van der Waals surface area contributed by atoms with Gasteiger partial charge in [0.25, 0.3) is 0 Å². The van der Waals surface area contributed by atoms with Gasteiger partial charge >= 0.3 is 5.63 Å². The maximum absolute atomic E-state index is 12.3. The van der Waals surface area contributed by atoms with E-state index in [4.69, 9.17) is 4.42 Å². The molecule has 0 spiro atoms. The zero-order valence-electron chi connectivity index (χ0n) is 14.5. The van der Waals surface area contributed by atoms with E-state index in [0.29, 0.717) is 5.56 Å². The largest absolute Gasteiger partial charge is 0.508 e. The second-order valence-corrected chi connectivity index (χ2v) is 6.25. The molecule has 2 rings (SSSR count). The highest BCUT2D eigenvalue weighted by molar-refractivity contribution is 5.90. The highest BCUT2D eigenvalue weighted by atomic mass is 16.4. The van der Waals surface area contributed by atoms with Crippen molar-refractivity contribution in [3.05, 3.63) is 33.7 Å². The molecule has 2 unspecified atom stereocenters. The summed E-state index contributed by atoms with van der Waals surface area (Å²) in [6.07, 6.45) is 0.567. The molecule has 0 saturated heterocycles. The van der Waals surface area contributed by atoms with Crippen LogP contribution >= 0.6 is 0 Å². The summed E-state index contributed by atoms with van der Waals surface area (Å²) in [5, 5.41) is 31.9. The Hall–Kier alpha value is -2.54. The van der Waals surface area contributed by atoms with Crippen molar-refractivity contribution in [3.8, 4) is 11.5 Å². The SMILES string of the molecule is CCC(C)C(CO)NC(=O)Cc1c(C)c2c(O)cc(O)cc2oc1=O. The summed E-state index contributed by atoms with van der Waals surface area (Å²) in [5.41, 5.74) is -0.0962. The number of carbonyl (C=O) groups is 1. The van der Waals surface area contributed by atoms with Crippen molar-refractivity contribution in [1.29, 1.82) is 0 Å². The van der Waals surface area contributed by atoms with Crippen molar-refractivity contribution < 1.29 is 24.5 Å². The van der Waals surface area contributed by atoms with Gasteiger partial charge in [0, 0.05) is 12.1 Å². The van der Waals surface area contributed by atoms with E-state index in [-0.39, 0.29) is 47.0 Å².